The van der Waals surface area contributed by atoms with Crippen molar-refractivity contribution in [3.05, 3.63) is 53.9 Å². The molecule has 0 aliphatic rings. The molecule has 2 rings (SSSR count). The second-order valence-electron chi connectivity index (χ2n) is 5.02. The van der Waals surface area contributed by atoms with Gasteiger partial charge in [-0.2, -0.15) is 0 Å². The minimum atomic E-state index is -0.135. The molecule has 1 heterocycles. The van der Waals surface area contributed by atoms with Gasteiger partial charge in [0.2, 0.25) is 0 Å². The highest BCUT2D eigenvalue weighted by molar-refractivity contribution is 5.18. The first kappa shape index (κ1) is 14.7. The zero-order valence-corrected chi connectivity index (χ0v) is 12.1. The molecule has 0 radical (unpaired) electrons. The molecule has 0 amide bonds. The van der Waals surface area contributed by atoms with Gasteiger partial charge < -0.3 is 9.88 Å². The lowest BCUT2D eigenvalue weighted by atomic mass is 10.0. The number of rotatable bonds is 7. The monoisotopic (exact) mass is 275 g/mol. The van der Waals surface area contributed by atoms with Gasteiger partial charge in [0.05, 0.1) is 0 Å². The zero-order chi connectivity index (χ0) is 14.4. The lowest BCUT2D eigenvalue weighted by molar-refractivity contribution is 0.506. The highest BCUT2D eigenvalue weighted by Gasteiger charge is 2.14. The molecule has 0 saturated carbocycles. The van der Waals surface area contributed by atoms with E-state index in [4.69, 9.17) is 0 Å². The van der Waals surface area contributed by atoms with Crippen LogP contribution in [0, 0.1) is 5.82 Å². The van der Waals surface area contributed by atoms with Crippen molar-refractivity contribution in [1.82, 2.24) is 14.9 Å². The SMILES string of the molecule is CCCn1ccnc1CC(Cc1ccccc1F)NC. The van der Waals surface area contributed by atoms with Crippen LogP contribution in [0.1, 0.15) is 24.7 Å². The number of aromatic nitrogens is 2. The maximum absolute atomic E-state index is 13.7. The number of nitrogens with one attached hydrogen (secondary N) is 1. The van der Waals surface area contributed by atoms with Gasteiger partial charge in [0.1, 0.15) is 11.6 Å². The molecule has 0 bridgehead atoms. The van der Waals surface area contributed by atoms with Gasteiger partial charge in [-0.05, 0) is 31.5 Å². The summed E-state index contributed by atoms with van der Waals surface area (Å²) in [5, 5.41) is 3.27. The molecule has 20 heavy (non-hydrogen) atoms. The van der Waals surface area contributed by atoms with Gasteiger partial charge >= 0.3 is 0 Å². The molecule has 4 heteroatoms. The Morgan fingerprint density at radius 1 is 1.30 bits per heavy atom. The van der Waals surface area contributed by atoms with E-state index in [1.165, 1.54) is 6.07 Å². The van der Waals surface area contributed by atoms with Crippen LogP contribution in [-0.2, 0) is 19.4 Å². The molecular weight excluding hydrogens is 253 g/mol. The predicted molar refractivity (Wildman–Crippen MR) is 79.2 cm³/mol. The van der Waals surface area contributed by atoms with E-state index in [0.717, 1.165) is 30.8 Å². The van der Waals surface area contributed by atoms with Crippen molar-refractivity contribution in [3.8, 4) is 0 Å². The van der Waals surface area contributed by atoms with Gasteiger partial charge in [-0.15, -0.1) is 0 Å². The molecule has 1 aromatic carbocycles. The normalized spacial score (nSPS) is 12.6. The third kappa shape index (κ3) is 3.67. The summed E-state index contributed by atoms with van der Waals surface area (Å²) in [6.45, 7) is 3.13. The lowest BCUT2D eigenvalue weighted by Gasteiger charge is -2.17. The van der Waals surface area contributed by atoms with Gasteiger partial charge in [0.25, 0.3) is 0 Å². The Morgan fingerprint density at radius 3 is 2.80 bits per heavy atom. The van der Waals surface area contributed by atoms with Gasteiger partial charge in [0, 0.05) is 31.4 Å². The Kier molecular flexibility index (Phi) is 5.30. The molecule has 0 saturated heterocycles. The average molecular weight is 275 g/mol. The van der Waals surface area contributed by atoms with E-state index < -0.39 is 0 Å². The highest BCUT2D eigenvalue weighted by atomic mass is 19.1. The number of aryl methyl sites for hydroxylation is 1. The standard InChI is InChI=1S/C16H22FN3/c1-3-9-20-10-8-19-16(20)12-14(18-2)11-13-6-4-5-7-15(13)17/h4-8,10,14,18H,3,9,11-12H2,1-2H3. The molecule has 1 aromatic heterocycles. The molecule has 2 aromatic rings. The Bertz CT molecular complexity index is 536. The molecule has 108 valence electrons. The third-order valence-electron chi connectivity index (χ3n) is 3.53. The quantitative estimate of drug-likeness (QED) is 0.842. The van der Waals surface area contributed by atoms with Crippen molar-refractivity contribution in [2.45, 2.75) is 38.8 Å². The Morgan fingerprint density at radius 2 is 2.10 bits per heavy atom. The summed E-state index contributed by atoms with van der Waals surface area (Å²) < 4.78 is 15.9. The van der Waals surface area contributed by atoms with Crippen LogP contribution in [0.5, 0.6) is 0 Å². The van der Waals surface area contributed by atoms with E-state index >= 15 is 0 Å². The minimum absolute atomic E-state index is 0.135. The third-order valence-corrected chi connectivity index (χ3v) is 3.53. The summed E-state index contributed by atoms with van der Waals surface area (Å²) in [6, 6.07) is 7.15. The van der Waals surface area contributed by atoms with Crippen molar-refractivity contribution in [2.24, 2.45) is 0 Å². The fourth-order valence-electron chi connectivity index (χ4n) is 2.40. The summed E-state index contributed by atoms with van der Waals surface area (Å²) in [6.07, 6.45) is 6.40. The van der Waals surface area contributed by atoms with E-state index in [1.807, 2.05) is 31.6 Å². The van der Waals surface area contributed by atoms with Crippen LogP contribution in [0.25, 0.3) is 0 Å². The van der Waals surface area contributed by atoms with E-state index in [9.17, 15) is 4.39 Å². The second-order valence-corrected chi connectivity index (χ2v) is 5.02. The number of imidazole rings is 1. The average Bonchev–Trinajstić information content (AvgIpc) is 2.88. The number of hydrogen-bond donors (Lipinski definition) is 1. The van der Waals surface area contributed by atoms with E-state index in [1.54, 1.807) is 6.07 Å². The van der Waals surface area contributed by atoms with E-state index in [-0.39, 0.29) is 11.9 Å². The number of nitrogens with zero attached hydrogens (tertiary/aromatic N) is 2. The van der Waals surface area contributed by atoms with Gasteiger partial charge in [-0.1, -0.05) is 25.1 Å². The minimum Gasteiger partial charge on any atom is -0.335 e. The Balaban J connectivity index is 2.05. The molecule has 0 aliphatic carbocycles. The first-order valence-corrected chi connectivity index (χ1v) is 7.15. The van der Waals surface area contributed by atoms with Gasteiger partial charge in [0.15, 0.2) is 0 Å². The summed E-state index contributed by atoms with van der Waals surface area (Å²) in [4.78, 5) is 4.42. The molecule has 1 N–H and O–H groups in total. The molecule has 0 fully saturated rings. The van der Waals surface area contributed by atoms with Crippen LogP contribution in [0.4, 0.5) is 4.39 Å². The van der Waals surface area contributed by atoms with Gasteiger partial charge in [-0.25, -0.2) is 9.37 Å². The number of halogens is 1. The van der Waals surface area contributed by atoms with Crippen LogP contribution in [0.3, 0.4) is 0 Å². The number of likely N-dealkylation sites (N-methyl/N-ethyl adjacent to an activating group) is 1. The van der Waals surface area contributed by atoms with Crippen molar-refractivity contribution in [1.29, 1.82) is 0 Å². The van der Waals surface area contributed by atoms with E-state index in [0.29, 0.717) is 6.42 Å². The molecule has 3 nitrogen and oxygen atoms in total. The molecule has 0 aliphatic heterocycles. The lowest BCUT2D eigenvalue weighted by Crippen LogP contribution is -2.31. The molecule has 1 atom stereocenters. The smallest absolute Gasteiger partial charge is 0.126 e. The van der Waals surface area contributed by atoms with Crippen LogP contribution < -0.4 is 5.32 Å². The summed E-state index contributed by atoms with van der Waals surface area (Å²) in [7, 11) is 1.92. The van der Waals surface area contributed by atoms with Crippen LogP contribution in [0.2, 0.25) is 0 Å². The van der Waals surface area contributed by atoms with E-state index in [2.05, 4.69) is 21.8 Å². The fourth-order valence-corrected chi connectivity index (χ4v) is 2.40. The summed E-state index contributed by atoms with van der Waals surface area (Å²) in [5.74, 6) is 0.923. The Labute approximate surface area is 119 Å². The zero-order valence-electron chi connectivity index (χ0n) is 12.1. The molecular formula is C16H22FN3. The topological polar surface area (TPSA) is 29.9 Å². The van der Waals surface area contributed by atoms with Crippen LogP contribution in [-0.4, -0.2) is 22.6 Å². The first-order chi connectivity index (χ1) is 9.74. The van der Waals surface area contributed by atoms with Crippen molar-refractivity contribution < 1.29 is 4.39 Å². The molecule has 0 spiro atoms. The summed E-state index contributed by atoms with van der Waals surface area (Å²) in [5.41, 5.74) is 0.750. The first-order valence-electron chi connectivity index (χ1n) is 7.15. The molecule has 1 unspecified atom stereocenters. The van der Waals surface area contributed by atoms with Crippen LogP contribution in [0.15, 0.2) is 36.7 Å². The second kappa shape index (κ2) is 7.20. The van der Waals surface area contributed by atoms with Gasteiger partial charge in [-0.3, -0.25) is 0 Å². The number of hydrogen-bond acceptors (Lipinski definition) is 2. The highest BCUT2D eigenvalue weighted by Crippen LogP contribution is 2.12. The maximum atomic E-state index is 13.7. The predicted octanol–water partition coefficient (Wildman–Crippen LogP) is 2.81. The summed E-state index contributed by atoms with van der Waals surface area (Å²) >= 11 is 0. The fraction of sp³-hybridized carbons (Fsp3) is 0.438. The van der Waals surface area contributed by atoms with Crippen LogP contribution >= 0.6 is 0 Å². The maximum Gasteiger partial charge on any atom is 0.126 e. The number of benzene rings is 1. The van der Waals surface area contributed by atoms with Crippen molar-refractivity contribution in [2.75, 3.05) is 7.05 Å². The largest absolute Gasteiger partial charge is 0.335 e. The van der Waals surface area contributed by atoms with Crippen molar-refractivity contribution in [3.63, 3.8) is 0 Å². The Hall–Kier alpha value is -1.68. The van der Waals surface area contributed by atoms with Crippen molar-refractivity contribution >= 4 is 0 Å².